The number of hydrogen-bond acceptors (Lipinski definition) is 5. The monoisotopic (exact) mass is 354 g/mol. The fourth-order valence-corrected chi connectivity index (χ4v) is 2.93. The van der Waals surface area contributed by atoms with Crippen LogP contribution in [0.3, 0.4) is 0 Å². The first kappa shape index (κ1) is 18.3. The molecule has 0 saturated heterocycles. The van der Waals surface area contributed by atoms with Crippen molar-refractivity contribution in [2.45, 2.75) is 45.7 Å². The number of benzene rings is 1. The Balaban J connectivity index is 1.45. The third-order valence-corrected chi connectivity index (χ3v) is 4.42. The van der Waals surface area contributed by atoms with E-state index in [0.29, 0.717) is 12.2 Å². The number of primary amides is 1. The number of hydrogen-bond donors (Lipinski definition) is 1. The smallest absolute Gasteiger partial charge is 0.248 e. The summed E-state index contributed by atoms with van der Waals surface area (Å²) in [7, 11) is 0. The molecule has 0 aliphatic carbocycles. The van der Waals surface area contributed by atoms with Gasteiger partial charge in [-0.1, -0.05) is 20.8 Å². The molecule has 6 nitrogen and oxygen atoms in total. The van der Waals surface area contributed by atoms with E-state index in [1.165, 1.54) is 5.56 Å². The van der Waals surface area contributed by atoms with Gasteiger partial charge in [0.25, 0.3) is 0 Å². The third kappa shape index (κ3) is 4.38. The first-order valence-corrected chi connectivity index (χ1v) is 8.93. The quantitative estimate of drug-likeness (QED) is 0.807. The summed E-state index contributed by atoms with van der Waals surface area (Å²) >= 11 is 0. The van der Waals surface area contributed by atoms with Gasteiger partial charge in [0.1, 0.15) is 11.6 Å². The van der Waals surface area contributed by atoms with E-state index in [9.17, 15) is 4.79 Å². The summed E-state index contributed by atoms with van der Waals surface area (Å²) in [6.07, 6.45) is 2.89. The van der Waals surface area contributed by atoms with Crippen LogP contribution in [0.15, 0.2) is 30.5 Å². The van der Waals surface area contributed by atoms with Crippen LogP contribution >= 0.6 is 0 Å². The van der Waals surface area contributed by atoms with Gasteiger partial charge >= 0.3 is 0 Å². The standard InChI is InChI=1S/C20H26N4O2/c1-20(2,3)19-22-11-15-12-24(13-17(15)23-19)9-4-10-26-16-7-5-14(6-8-16)18(21)25/h5-8,11H,4,9-10,12-13H2,1-3H3,(H2,21,25). The molecule has 26 heavy (non-hydrogen) atoms. The van der Waals surface area contributed by atoms with Crippen molar-refractivity contribution in [3.63, 3.8) is 0 Å². The molecule has 0 spiro atoms. The van der Waals surface area contributed by atoms with Gasteiger partial charge in [0.05, 0.1) is 12.3 Å². The highest BCUT2D eigenvalue weighted by molar-refractivity contribution is 5.92. The molecule has 0 bridgehead atoms. The Morgan fingerprint density at radius 2 is 1.96 bits per heavy atom. The molecule has 2 aromatic rings. The summed E-state index contributed by atoms with van der Waals surface area (Å²) in [5.74, 6) is 1.23. The number of amides is 1. The number of ether oxygens (including phenoxy) is 1. The zero-order valence-electron chi connectivity index (χ0n) is 15.7. The van der Waals surface area contributed by atoms with Crippen molar-refractivity contribution in [3.8, 4) is 5.75 Å². The minimum absolute atomic E-state index is 0.0274. The molecule has 0 unspecified atom stereocenters. The van der Waals surface area contributed by atoms with Crippen molar-refractivity contribution < 1.29 is 9.53 Å². The molecule has 6 heteroatoms. The van der Waals surface area contributed by atoms with Crippen LogP contribution in [0, 0.1) is 0 Å². The molecule has 0 fully saturated rings. The van der Waals surface area contributed by atoms with Crippen LogP contribution in [0.2, 0.25) is 0 Å². The van der Waals surface area contributed by atoms with Gasteiger partial charge in [0, 0.05) is 42.4 Å². The summed E-state index contributed by atoms with van der Waals surface area (Å²) in [6, 6.07) is 6.91. The van der Waals surface area contributed by atoms with Gasteiger partial charge in [0.15, 0.2) is 0 Å². The zero-order chi connectivity index (χ0) is 18.7. The molecule has 1 amide bonds. The Kier molecular flexibility index (Phi) is 5.23. The largest absolute Gasteiger partial charge is 0.494 e. The van der Waals surface area contributed by atoms with E-state index in [1.54, 1.807) is 24.3 Å². The minimum atomic E-state index is -0.428. The summed E-state index contributed by atoms with van der Waals surface area (Å²) in [5.41, 5.74) is 8.06. The lowest BCUT2D eigenvalue weighted by Crippen LogP contribution is -2.20. The summed E-state index contributed by atoms with van der Waals surface area (Å²) in [5, 5.41) is 0. The average Bonchev–Trinajstić information content (AvgIpc) is 3.00. The van der Waals surface area contributed by atoms with E-state index in [1.807, 2.05) is 6.20 Å². The van der Waals surface area contributed by atoms with Crippen LogP contribution in [0.1, 0.15) is 54.6 Å². The van der Waals surface area contributed by atoms with E-state index in [-0.39, 0.29) is 5.41 Å². The normalized spacial score (nSPS) is 14.3. The van der Waals surface area contributed by atoms with E-state index < -0.39 is 5.91 Å². The number of rotatable bonds is 6. The molecule has 0 atom stereocenters. The van der Waals surface area contributed by atoms with Crippen molar-refractivity contribution in [2.24, 2.45) is 5.73 Å². The lowest BCUT2D eigenvalue weighted by Gasteiger charge is -2.16. The molecule has 0 saturated carbocycles. The molecule has 1 aliphatic heterocycles. The van der Waals surface area contributed by atoms with Gasteiger partial charge in [-0.3, -0.25) is 9.69 Å². The van der Waals surface area contributed by atoms with Crippen molar-refractivity contribution >= 4 is 5.91 Å². The molecular formula is C20H26N4O2. The van der Waals surface area contributed by atoms with E-state index >= 15 is 0 Å². The maximum atomic E-state index is 11.1. The van der Waals surface area contributed by atoms with E-state index in [0.717, 1.165) is 43.3 Å². The summed E-state index contributed by atoms with van der Waals surface area (Å²) in [6.45, 7) is 9.74. The fraction of sp³-hybridized carbons (Fsp3) is 0.450. The molecule has 1 aromatic heterocycles. The van der Waals surface area contributed by atoms with Gasteiger partial charge < -0.3 is 10.5 Å². The Morgan fingerprint density at radius 3 is 2.62 bits per heavy atom. The number of nitrogens with two attached hydrogens (primary N) is 1. The van der Waals surface area contributed by atoms with Crippen molar-refractivity contribution in [3.05, 3.63) is 53.1 Å². The van der Waals surface area contributed by atoms with Crippen molar-refractivity contribution in [1.82, 2.24) is 14.9 Å². The highest BCUT2D eigenvalue weighted by Gasteiger charge is 2.24. The van der Waals surface area contributed by atoms with E-state index in [2.05, 4.69) is 30.7 Å². The second-order valence-corrected chi connectivity index (χ2v) is 7.72. The Labute approximate surface area is 154 Å². The maximum absolute atomic E-state index is 11.1. The summed E-state index contributed by atoms with van der Waals surface area (Å²) < 4.78 is 5.73. The SMILES string of the molecule is CC(C)(C)c1ncc2c(n1)CN(CCCOc1ccc(C(N)=O)cc1)C2. The summed E-state index contributed by atoms with van der Waals surface area (Å²) in [4.78, 5) is 22.7. The molecule has 2 heterocycles. The highest BCUT2D eigenvalue weighted by atomic mass is 16.5. The minimum Gasteiger partial charge on any atom is -0.494 e. The Hall–Kier alpha value is -2.47. The average molecular weight is 354 g/mol. The van der Waals surface area contributed by atoms with Crippen LogP contribution in [0.25, 0.3) is 0 Å². The lowest BCUT2D eigenvalue weighted by atomic mass is 9.95. The molecule has 1 aromatic carbocycles. The van der Waals surface area contributed by atoms with Crippen LogP contribution < -0.4 is 10.5 Å². The number of nitrogens with zero attached hydrogens (tertiary/aromatic N) is 3. The van der Waals surface area contributed by atoms with Crippen LogP contribution in [-0.2, 0) is 18.5 Å². The number of carbonyl (C=O) groups is 1. The predicted molar refractivity (Wildman–Crippen MR) is 99.9 cm³/mol. The third-order valence-electron chi connectivity index (χ3n) is 4.42. The molecule has 138 valence electrons. The van der Waals surface area contributed by atoms with Gasteiger partial charge in [0.2, 0.25) is 5.91 Å². The predicted octanol–water partition coefficient (Wildman–Crippen LogP) is 2.66. The number of carbonyl (C=O) groups excluding carboxylic acids is 1. The first-order chi connectivity index (χ1) is 12.3. The second kappa shape index (κ2) is 7.41. The highest BCUT2D eigenvalue weighted by Crippen LogP contribution is 2.24. The number of fused-ring (bicyclic) bond motifs is 1. The molecule has 2 N–H and O–H groups in total. The van der Waals surface area contributed by atoms with Gasteiger partial charge in [-0.15, -0.1) is 0 Å². The van der Waals surface area contributed by atoms with Crippen LogP contribution in [0.4, 0.5) is 0 Å². The topological polar surface area (TPSA) is 81.3 Å². The van der Waals surface area contributed by atoms with Gasteiger partial charge in [-0.2, -0.15) is 0 Å². The van der Waals surface area contributed by atoms with Crippen LogP contribution in [-0.4, -0.2) is 33.9 Å². The maximum Gasteiger partial charge on any atom is 0.248 e. The Morgan fingerprint density at radius 1 is 1.23 bits per heavy atom. The second-order valence-electron chi connectivity index (χ2n) is 7.72. The Bertz CT molecular complexity index is 781. The molecule has 0 radical (unpaired) electrons. The van der Waals surface area contributed by atoms with E-state index in [4.69, 9.17) is 15.5 Å². The molecule has 3 rings (SSSR count). The van der Waals surface area contributed by atoms with Crippen molar-refractivity contribution in [1.29, 1.82) is 0 Å². The number of aromatic nitrogens is 2. The van der Waals surface area contributed by atoms with Gasteiger partial charge in [-0.25, -0.2) is 9.97 Å². The molecule has 1 aliphatic rings. The first-order valence-electron chi connectivity index (χ1n) is 8.93. The van der Waals surface area contributed by atoms with Gasteiger partial charge in [-0.05, 0) is 30.7 Å². The lowest BCUT2D eigenvalue weighted by molar-refractivity contribution is 0.1000. The zero-order valence-corrected chi connectivity index (χ0v) is 15.7. The fourth-order valence-electron chi connectivity index (χ4n) is 2.93. The van der Waals surface area contributed by atoms with Crippen LogP contribution in [0.5, 0.6) is 5.75 Å². The molecular weight excluding hydrogens is 328 g/mol. The van der Waals surface area contributed by atoms with Crippen molar-refractivity contribution in [2.75, 3.05) is 13.2 Å².